The van der Waals surface area contributed by atoms with Crippen LogP contribution in [-0.2, 0) is 0 Å². The molecule has 0 aromatic heterocycles. The normalized spacial score (nSPS) is 10.0. The van der Waals surface area contributed by atoms with Crippen LogP contribution in [0.2, 0.25) is 0 Å². The zero-order chi connectivity index (χ0) is 11.3. The summed E-state index contributed by atoms with van der Waals surface area (Å²) in [5.41, 5.74) is 1.00. The minimum atomic E-state index is -0.263. The van der Waals surface area contributed by atoms with Crippen LogP contribution in [-0.4, -0.2) is 23.4 Å². The molecule has 2 N–H and O–H groups in total. The van der Waals surface area contributed by atoms with Crippen LogP contribution >= 0.6 is 11.6 Å². The Bertz CT molecular complexity index is 352. The zero-order valence-electron chi connectivity index (χ0n) is 8.59. The smallest absolute Gasteiger partial charge is 0.255 e. The van der Waals surface area contributed by atoms with Gasteiger partial charge in [-0.15, -0.1) is 11.6 Å². The van der Waals surface area contributed by atoms with Crippen LogP contribution in [0.25, 0.3) is 0 Å². The average Bonchev–Trinajstić information content (AvgIpc) is 2.22. The minimum absolute atomic E-state index is 0.0425. The first kappa shape index (κ1) is 11.9. The molecule has 0 aliphatic heterocycles. The summed E-state index contributed by atoms with van der Waals surface area (Å²) < 4.78 is 0. The SMILES string of the molecule is Cc1cccc(C(=O)NCCCCl)c1O. The standard InChI is InChI=1S/C11H14ClNO2/c1-8-4-2-5-9(10(8)14)11(15)13-7-3-6-12/h2,4-5,14H,3,6-7H2,1H3,(H,13,15). The molecule has 1 aromatic carbocycles. The molecule has 0 atom stereocenters. The zero-order valence-corrected chi connectivity index (χ0v) is 9.34. The molecule has 1 rings (SSSR count). The van der Waals surface area contributed by atoms with E-state index in [1.54, 1.807) is 25.1 Å². The average molecular weight is 228 g/mol. The quantitative estimate of drug-likeness (QED) is 0.611. The summed E-state index contributed by atoms with van der Waals surface area (Å²) in [5, 5.41) is 12.3. The van der Waals surface area contributed by atoms with E-state index in [9.17, 15) is 9.90 Å². The van der Waals surface area contributed by atoms with E-state index in [0.29, 0.717) is 23.6 Å². The van der Waals surface area contributed by atoms with E-state index < -0.39 is 0 Å². The number of aryl methyl sites for hydroxylation is 1. The molecule has 3 nitrogen and oxygen atoms in total. The fraction of sp³-hybridized carbons (Fsp3) is 0.364. The van der Waals surface area contributed by atoms with Crippen molar-refractivity contribution in [1.82, 2.24) is 5.32 Å². The van der Waals surface area contributed by atoms with Gasteiger partial charge in [0.2, 0.25) is 0 Å². The summed E-state index contributed by atoms with van der Waals surface area (Å²) in [5.74, 6) is 0.294. The molecule has 0 aliphatic rings. The Hall–Kier alpha value is -1.22. The van der Waals surface area contributed by atoms with Crippen LogP contribution in [0.4, 0.5) is 0 Å². The number of aromatic hydroxyl groups is 1. The number of amides is 1. The molecule has 0 saturated carbocycles. The number of phenolic OH excluding ortho intramolecular Hbond substituents is 1. The predicted molar refractivity (Wildman–Crippen MR) is 60.5 cm³/mol. The van der Waals surface area contributed by atoms with E-state index in [0.717, 1.165) is 6.42 Å². The fourth-order valence-electron chi connectivity index (χ4n) is 1.21. The fourth-order valence-corrected chi connectivity index (χ4v) is 1.34. The van der Waals surface area contributed by atoms with Crippen molar-refractivity contribution < 1.29 is 9.90 Å². The number of carbonyl (C=O) groups is 1. The number of halogens is 1. The Kier molecular flexibility index (Phi) is 4.43. The molecule has 0 bridgehead atoms. The second-order valence-corrected chi connectivity index (χ2v) is 3.65. The number of para-hydroxylation sites is 1. The van der Waals surface area contributed by atoms with Crippen LogP contribution in [0.3, 0.4) is 0 Å². The molecule has 0 aliphatic carbocycles. The molecule has 4 heteroatoms. The van der Waals surface area contributed by atoms with Gasteiger partial charge in [-0.2, -0.15) is 0 Å². The topological polar surface area (TPSA) is 49.3 Å². The molecule has 0 radical (unpaired) electrons. The number of hydrogen-bond donors (Lipinski definition) is 2. The number of alkyl halides is 1. The number of hydrogen-bond acceptors (Lipinski definition) is 2. The van der Waals surface area contributed by atoms with Gasteiger partial charge in [0.25, 0.3) is 5.91 Å². The Balaban J connectivity index is 2.69. The monoisotopic (exact) mass is 227 g/mol. The maximum Gasteiger partial charge on any atom is 0.255 e. The highest BCUT2D eigenvalue weighted by Crippen LogP contribution is 2.20. The van der Waals surface area contributed by atoms with Crippen molar-refractivity contribution in [3.05, 3.63) is 29.3 Å². The summed E-state index contributed by atoms with van der Waals surface area (Å²) in [4.78, 5) is 11.6. The highest BCUT2D eigenvalue weighted by Gasteiger charge is 2.11. The van der Waals surface area contributed by atoms with E-state index in [-0.39, 0.29) is 11.7 Å². The second-order valence-electron chi connectivity index (χ2n) is 3.27. The molecule has 82 valence electrons. The Morgan fingerprint density at radius 3 is 2.93 bits per heavy atom. The van der Waals surface area contributed by atoms with Crippen molar-refractivity contribution in [3.63, 3.8) is 0 Å². The Morgan fingerprint density at radius 2 is 2.27 bits per heavy atom. The first-order chi connectivity index (χ1) is 7.16. The number of carbonyl (C=O) groups excluding carboxylic acids is 1. The van der Waals surface area contributed by atoms with Crippen molar-refractivity contribution in [1.29, 1.82) is 0 Å². The molecule has 0 spiro atoms. The van der Waals surface area contributed by atoms with Crippen molar-refractivity contribution >= 4 is 17.5 Å². The van der Waals surface area contributed by atoms with Gasteiger partial charge < -0.3 is 10.4 Å². The van der Waals surface area contributed by atoms with Gasteiger partial charge in [0.1, 0.15) is 5.75 Å². The molecule has 0 fully saturated rings. The molecule has 0 heterocycles. The highest BCUT2D eigenvalue weighted by molar-refractivity contribution is 6.17. The maximum atomic E-state index is 11.6. The lowest BCUT2D eigenvalue weighted by molar-refractivity contribution is 0.0951. The number of rotatable bonds is 4. The Morgan fingerprint density at radius 1 is 1.53 bits per heavy atom. The van der Waals surface area contributed by atoms with Gasteiger partial charge >= 0.3 is 0 Å². The van der Waals surface area contributed by atoms with Gasteiger partial charge in [0.15, 0.2) is 0 Å². The summed E-state index contributed by atoms with van der Waals surface area (Å²) >= 11 is 5.49. The summed E-state index contributed by atoms with van der Waals surface area (Å²) in [6.07, 6.45) is 0.722. The van der Waals surface area contributed by atoms with Gasteiger partial charge in [-0.05, 0) is 25.0 Å². The lowest BCUT2D eigenvalue weighted by Gasteiger charge is -2.07. The summed E-state index contributed by atoms with van der Waals surface area (Å²) in [7, 11) is 0. The molecule has 0 saturated heterocycles. The van der Waals surface area contributed by atoms with Crippen LogP contribution in [0.15, 0.2) is 18.2 Å². The largest absolute Gasteiger partial charge is 0.507 e. The van der Waals surface area contributed by atoms with Crippen LogP contribution in [0.1, 0.15) is 22.3 Å². The lowest BCUT2D eigenvalue weighted by Crippen LogP contribution is -2.24. The molecule has 15 heavy (non-hydrogen) atoms. The first-order valence-electron chi connectivity index (χ1n) is 4.79. The van der Waals surface area contributed by atoms with Crippen molar-refractivity contribution in [2.45, 2.75) is 13.3 Å². The third-order valence-electron chi connectivity index (χ3n) is 2.08. The second kappa shape index (κ2) is 5.61. The molecule has 1 amide bonds. The molecular weight excluding hydrogens is 214 g/mol. The van der Waals surface area contributed by atoms with Crippen molar-refractivity contribution in [3.8, 4) is 5.75 Å². The maximum absolute atomic E-state index is 11.6. The van der Waals surface area contributed by atoms with Gasteiger partial charge in [-0.25, -0.2) is 0 Å². The highest BCUT2D eigenvalue weighted by atomic mass is 35.5. The van der Waals surface area contributed by atoms with E-state index in [1.807, 2.05) is 0 Å². The lowest BCUT2D eigenvalue weighted by atomic mass is 10.1. The first-order valence-corrected chi connectivity index (χ1v) is 5.33. The molecular formula is C11H14ClNO2. The third kappa shape index (κ3) is 3.13. The predicted octanol–water partition coefficient (Wildman–Crippen LogP) is 2.06. The van der Waals surface area contributed by atoms with Gasteiger partial charge in [-0.1, -0.05) is 12.1 Å². The van der Waals surface area contributed by atoms with Crippen molar-refractivity contribution in [2.24, 2.45) is 0 Å². The van der Waals surface area contributed by atoms with E-state index in [1.165, 1.54) is 0 Å². The number of benzene rings is 1. The molecule has 0 unspecified atom stereocenters. The van der Waals surface area contributed by atoms with Crippen LogP contribution in [0, 0.1) is 6.92 Å². The third-order valence-corrected chi connectivity index (χ3v) is 2.35. The van der Waals surface area contributed by atoms with Gasteiger partial charge in [0, 0.05) is 12.4 Å². The number of phenols is 1. The van der Waals surface area contributed by atoms with E-state index in [4.69, 9.17) is 11.6 Å². The van der Waals surface area contributed by atoms with E-state index in [2.05, 4.69) is 5.32 Å². The van der Waals surface area contributed by atoms with Crippen molar-refractivity contribution in [2.75, 3.05) is 12.4 Å². The number of nitrogens with one attached hydrogen (secondary N) is 1. The molecule has 1 aromatic rings. The van der Waals surface area contributed by atoms with Crippen LogP contribution in [0.5, 0.6) is 5.75 Å². The Labute approximate surface area is 94.1 Å². The summed E-state index contributed by atoms with van der Waals surface area (Å²) in [6, 6.07) is 5.09. The van der Waals surface area contributed by atoms with E-state index >= 15 is 0 Å². The van der Waals surface area contributed by atoms with Crippen LogP contribution < -0.4 is 5.32 Å². The van der Waals surface area contributed by atoms with Gasteiger partial charge in [-0.3, -0.25) is 4.79 Å². The minimum Gasteiger partial charge on any atom is -0.507 e. The summed E-state index contributed by atoms with van der Waals surface area (Å²) in [6.45, 7) is 2.28. The van der Waals surface area contributed by atoms with Gasteiger partial charge in [0.05, 0.1) is 5.56 Å².